The van der Waals surface area contributed by atoms with Crippen molar-refractivity contribution in [2.45, 2.75) is 13.8 Å². The van der Waals surface area contributed by atoms with Crippen LogP contribution in [-0.4, -0.2) is 9.97 Å². The predicted octanol–water partition coefficient (Wildman–Crippen LogP) is 3.55. The summed E-state index contributed by atoms with van der Waals surface area (Å²) in [7, 11) is 0. The van der Waals surface area contributed by atoms with Crippen molar-refractivity contribution in [3.05, 3.63) is 33.7 Å². The molecule has 0 bridgehead atoms. The van der Waals surface area contributed by atoms with Crippen LogP contribution in [0.1, 0.15) is 11.1 Å². The molecule has 0 spiro atoms. The van der Waals surface area contributed by atoms with Crippen LogP contribution in [-0.2, 0) is 0 Å². The largest absolute Gasteiger partial charge is 0.224 e. The standard InChI is InChI=1S/C10H8Cl2N2/c1-5-3-7-8(4-6(5)2)13-10(12)14-9(7)11/h3-4H,1-2H3. The molecule has 0 saturated carbocycles. The van der Waals surface area contributed by atoms with E-state index in [1.807, 2.05) is 26.0 Å². The molecule has 1 aromatic heterocycles. The number of aryl methyl sites for hydroxylation is 2. The van der Waals surface area contributed by atoms with Gasteiger partial charge in [0.15, 0.2) is 0 Å². The van der Waals surface area contributed by atoms with Crippen molar-refractivity contribution in [2.24, 2.45) is 0 Å². The third-order valence-electron chi connectivity index (χ3n) is 2.24. The van der Waals surface area contributed by atoms with E-state index in [4.69, 9.17) is 23.2 Å². The lowest BCUT2D eigenvalue weighted by molar-refractivity contribution is 1.21. The number of benzene rings is 1. The molecule has 0 saturated heterocycles. The lowest BCUT2D eigenvalue weighted by atomic mass is 10.1. The summed E-state index contributed by atoms with van der Waals surface area (Å²) in [6.45, 7) is 4.05. The monoisotopic (exact) mass is 226 g/mol. The van der Waals surface area contributed by atoms with Gasteiger partial charge in [-0.05, 0) is 48.7 Å². The van der Waals surface area contributed by atoms with Gasteiger partial charge in [0.2, 0.25) is 5.28 Å². The Hall–Kier alpha value is -0.860. The van der Waals surface area contributed by atoms with E-state index in [0.29, 0.717) is 5.15 Å². The van der Waals surface area contributed by atoms with Crippen LogP contribution >= 0.6 is 23.2 Å². The van der Waals surface area contributed by atoms with Crippen LogP contribution in [0.4, 0.5) is 0 Å². The maximum absolute atomic E-state index is 5.95. The molecule has 1 aromatic carbocycles. The van der Waals surface area contributed by atoms with Gasteiger partial charge in [-0.25, -0.2) is 9.97 Å². The van der Waals surface area contributed by atoms with E-state index in [1.165, 1.54) is 11.1 Å². The second-order valence-electron chi connectivity index (χ2n) is 3.24. The van der Waals surface area contributed by atoms with Gasteiger partial charge < -0.3 is 0 Å². The van der Waals surface area contributed by atoms with Gasteiger partial charge in [0, 0.05) is 5.39 Å². The third-order valence-corrected chi connectivity index (χ3v) is 2.69. The smallest absolute Gasteiger partial charge is 0.218 e. The number of nitrogens with zero attached hydrogens (tertiary/aromatic N) is 2. The summed E-state index contributed by atoms with van der Waals surface area (Å²) in [6, 6.07) is 3.94. The van der Waals surface area contributed by atoms with E-state index in [-0.39, 0.29) is 5.28 Å². The van der Waals surface area contributed by atoms with Crippen molar-refractivity contribution >= 4 is 34.1 Å². The molecule has 72 valence electrons. The Balaban J connectivity index is 2.89. The maximum Gasteiger partial charge on any atom is 0.224 e. The van der Waals surface area contributed by atoms with Gasteiger partial charge in [-0.15, -0.1) is 0 Å². The van der Waals surface area contributed by atoms with Crippen LogP contribution in [0.2, 0.25) is 10.4 Å². The number of hydrogen-bond donors (Lipinski definition) is 0. The minimum absolute atomic E-state index is 0.186. The van der Waals surface area contributed by atoms with Crippen molar-refractivity contribution in [2.75, 3.05) is 0 Å². The van der Waals surface area contributed by atoms with E-state index in [2.05, 4.69) is 9.97 Å². The quantitative estimate of drug-likeness (QED) is 0.508. The van der Waals surface area contributed by atoms with Gasteiger partial charge in [0.05, 0.1) is 5.52 Å². The van der Waals surface area contributed by atoms with Gasteiger partial charge in [-0.2, -0.15) is 0 Å². The highest BCUT2D eigenvalue weighted by atomic mass is 35.5. The molecule has 2 aromatic rings. The number of hydrogen-bond acceptors (Lipinski definition) is 2. The fourth-order valence-electron chi connectivity index (χ4n) is 1.32. The van der Waals surface area contributed by atoms with Gasteiger partial charge >= 0.3 is 0 Å². The highest BCUT2D eigenvalue weighted by molar-refractivity contribution is 6.35. The van der Waals surface area contributed by atoms with Crippen molar-refractivity contribution in [1.29, 1.82) is 0 Å². The zero-order valence-corrected chi connectivity index (χ0v) is 9.32. The first-order chi connectivity index (χ1) is 6.58. The van der Waals surface area contributed by atoms with Gasteiger partial charge in [0.1, 0.15) is 5.15 Å². The van der Waals surface area contributed by atoms with Crippen LogP contribution in [0.25, 0.3) is 10.9 Å². The number of halogens is 2. The molecular formula is C10H8Cl2N2. The molecule has 2 nitrogen and oxygen atoms in total. The molecule has 2 rings (SSSR count). The van der Waals surface area contributed by atoms with Gasteiger partial charge in [-0.3, -0.25) is 0 Å². The van der Waals surface area contributed by atoms with Crippen LogP contribution in [0, 0.1) is 13.8 Å². The molecule has 0 unspecified atom stereocenters. The minimum atomic E-state index is 0.186. The van der Waals surface area contributed by atoms with Crippen LogP contribution in [0.3, 0.4) is 0 Å². The van der Waals surface area contributed by atoms with Crippen LogP contribution in [0.5, 0.6) is 0 Å². The second-order valence-corrected chi connectivity index (χ2v) is 3.93. The average molecular weight is 227 g/mol. The fourth-order valence-corrected chi connectivity index (χ4v) is 1.77. The molecule has 0 aliphatic rings. The molecule has 14 heavy (non-hydrogen) atoms. The van der Waals surface area contributed by atoms with E-state index in [9.17, 15) is 0 Å². The van der Waals surface area contributed by atoms with Gasteiger partial charge in [-0.1, -0.05) is 11.6 Å². The summed E-state index contributed by atoms with van der Waals surface area (Å²) in [5.74, 6) is 0. The normalized spacial score (nSPS) is 10.9. The van der Waals surface area contributed by atoms with Crippen molar-refractivity contribution in [1.82, 2.24) is 9.97 Å². The predicted molar refractivity (Wildman–Crippen MR) is 59.0 cm³/mol. The van der Waals surface area contributed by atoms with Crippen LogP contribution < -0.4 is 0 Å². The third kappa shape index (κ3) is 1.56. The summed E-state index contributed by atoms with van der Waals surface area (Å²) in [5.41, 5.74) is 3.13. The van der Waals surface area contributed by atoms with Crippen molar-refractivity contribution < 1.29 is 0 Å². The number of aromatic nitrogens is 2. The Bertz CT molecular complexity index is 509. The maximum atomic E-state index is 5.95. The molecule has 0 aliphatic heterocycles. The molecule has 0 N–H and O–H groups in total. The Kier molecular flexibility index (Phi) is 2.33. The zero-order chi connectivity index (χ0) is 10.3. The van der Waals surface area contributed by atoms with E-state index >= 15 is 0 Å². The molecule has 0 radical (unpaired) electrons. The number of fused-ring (bicyclic) bond motifs is 1. The summed E-state index contributed by atoms with van der Waals surface area (Å²) in [5, 5.41) is 1.44. The Morgan fingerprint density at radius 3 is 2.36 bits per heavy atom. The van der Waals surface area contributed by atoms with E-state index in [0.717, 1.165) is 10.9 Å². The zero-order valence-electron chi connectivity index (χ0n) is 7.81. The fraction of sp³-hybridized carbons (Fsp3) is 0.200. The summed E-state index contributed by atoms with van der Waals surface area (Å²) >= 11 is 11.7. The molecular weight excluding hydrogens is 219 g/mol. The van der Waals surface area contributed by atoms with E-state index in [1.54, 1.807) is 0 Å². The molecule has 0 fully saturated rings. The van der Waals surface area contributed by atoms with Crippen molar-refractivity contribution in [3.63, 3.8) is 0 Å². The minimum Gasteiger partial charge on any atom is -0.218 e. The molecule has 4 heteroatoms. The highest BCUT2D eigenvalue weighted by Crippen LogP contribution is 2.24. The van der Waals surface area contributed by atoms with E-state index < -0.39 is 0 Å². The molecule has 0 aliphatic carbocycles. The topological polar surface area (TPSA) is 25.8 Å². The average Bonchev–Trinajstić information content (AvgIpc) is 2.08. The summed E-state index contributed by atoms with van der Waals surface area (Å²) in [4.78, 5) is 8.00. The first kappa shape index (κ1) is 9.69. The Morgan fingerprint density at radius 2 is 1.64 bits per heavy atom. The lowest BCUT2D eigenvalue weighted by Gasteiger charge is -2.04. The number of rotatable bonds is 0. The Labute approximate surface area is 91.9 Å². The molecule has 1 heterocycles. The highest BCUT2D eigenvalue weighted by Gasteiger charge is 2.05. The van der Waals surface area contributed by atoms with Gasteiger partial charge in [0.25, 0.3) is 0 Å². The first-order valence-electron chi connectivity index (χ1n) is 4.18. The second kappa shape index (κ2) is 3.37. The summed E-state index contributed by atoms with van der Waals surface area (Å²) < 4.78 is 0. The summed E-state index contributed by atoms with van der Waals surface area (Å²) in [6.07, 6.45) is 0. The Morgan fingerprint density at radius 1 is 1.00 bits per heavy atom. The molecule has 0 amide bonds. The SMILES string of the molecule is Cc1cc2nc(Cl)nc(Cl)c2cc1C. The lowest BCUT2D eigenvalue weighted by Crippen LogP contribution is -1.89. The first-order valence-corrected chi connectivity index (χ1v) is 4.93. The molecule has 0 atom stereocenters. The van der Waals surface area contributed by atoms with Crippen molar-refractivity contribution in [3.8, 4) is 0 Å². The van der Waals surface area contributed by atoms with Crippen LogP contribution in [0.15, 0.2) is 12.1 Å².